The largest absolute Gasteiger partial charge is 0.543 e. The predicted octanol–water partition coefficient (Wildman–Crippen LogP) is 2.61. The summed E-state index contributed by atoms with van der Waals surface area (Å²) in [5, 5.41) is 11.1. The molecule has 3 rings (SSSR count). The number of ether oxygens (including phenoxy) is 2. The minimum absolute atomic E-state index is 0.0702. The van der Waals surface area contributed by atoms with Crippen LogP contribution in [0.4, 0.5) is 0 Å². The molecule has 2 heterocycles. The van der Waals surface area contributed by atoms with Crippen molar-refractivity contribution >= 4 is 17.8 Å². The number of aromatic amines is 1. The van der Waals surface area contributed by atoms with Crippen LogP contribution in [0.5, 0.6) is 11.5 Å². The number of carboxylic acid groups (broad SMARTS) is 1. The Balaban J connectivity index is 1.93. The summed E-state index contributed by atoms with van der Waals surface area (Å²) < 4.78 is 11.5. The summed E-state index contributed by atoms with van der Waals surface area (Å²) in [6.07, 6.45) is 4.03. The van der Waals surface area contributed by atoms with E-state index in [0.717, 1.165) is 23.3 Å². The minimum atomic E-state index is -1.33. The van der Waals surface area contributed by atoms with Gasteiger partial charge in [0.15, 0.2) is 5.78 Å². The zero-order chi connectivity index (χ0) is 19.7. The smallest absolute Gasteiger partial charge is 0.187 e. The van der Waals surface area contributed by atoms with E-state index in [1.807, 2.05) is 26.0 Å². The molecule has 0 radical (unpaired) electrons. The van der Waals surface area contributed by atoms with E-state index in [9.17, 15) is 14.7 Å². The maximum atomic E-state index is 12.7. The van der Waals surface area contributed by atoms with Gasteiger partial charge in [-0.1, -0.05) is 0 Å². The lowest BCUT2D eigenvalue weighted by molar-refractivity contribution is -0.255. The number of fused-ring (bicyclic) bond motifs is 1. The van der Waals surface area contributed by atoms with Crippen molar-refractivity contribution in [3.8, 4) is 11.5 Å². The average molecular weight is 368 g/mol. The molecule has 27 heavy (non-hydrogen) atoms. The molecule has 1 N–H and O–H groups in total. The fourth-order valence-electron chi connectivity index (χ4n) is 3.44. The molecule has 0 aliphatic carbocycles. The van der Waals surface area contributed by atoms with Gasteiger partial charge in [0, 0.05) is 28.8 Å². The average Bonchev–Trinajstić information content (AvgIpc) is 3.10. The van der Waals surface area contributed by atoms with Crippen LogP contribution < -0.4 is 14.6 Å². The number of carboxylic acids is 1. The van der Waals surface area contributed by atoms with Crippen molar-refractivity contribution in [1.29, 1.82) is 0 Å². The van der Waals surface area contributed by atoms with Gasteiger partial charge in [-0.05, 0) is 57.5 Å². The predicted molar refractivity (Wildman–Crippen MR) is 99.4 cm³/mol. The molecule has 0 saturated carbocycles. The Morgan fingerprint density at radius 1 is 1.37 bits per heavy atom. The van der Waals surface area contributed by atoms with Crippen molar-refractivity contribution < 1.29 is 24.2 Å². The first-order chi connectivity index (χ1) is 12.8. The zero-order valence-electron chi connectivity index (χ0n) is 15.8. The summed E-state index contributed by atoms with van der Waals surface area (Å²) in [6.45, 7) is 7.67. The van der Waals surface area contributed by atoms with Crippen LogP contribution in [0.25, 0.3) is 6.08 Å². The number of ketones is 1. The first-order valence-electron chi connectivity index (χ1n) is 8.91. The minimum Gasteiger partial charge on any atom is -0.543 e. The molecule has 0 bridgehead atoms. The van der Waals surface area contributed by atoms with Gasteiger partial charge in [-0.15, -0.1) is 0 Å². The third kappa shape index (κ3) is 3.60. The van der Waals surface area contributed by atoms with E-state index in [1.54, 1.807) is 19.9 Å². The van der Waals surface area contributed by atoms with E-state index < -0.39 is 5.97 Å². The SMILES string of the molecule is CCOc1cc2c(cc1/C=C/C(=O)c1c(C)[nH]c(C(=O)[O-])c1C)O[C@@H](C)C2. The molecular formula is C21H22NO5-. The van der Waals surface area contributed by atoms with E-state index in [4.69, 9.17) is 9.47 Å². The Labute approximate surface area is 157 Å². The van der Waals surface area contributed by atoms with Gasteiger partial charge in [0.05, 0.1) is 18.3 Å². The van der Waals surface area contributed by atoms with Crippen LogP contribution in [0.1, 0.15) is 57.1 Å². The number of carbonyl (C=O) groups excluding carboxylic acids is 2. The number of rotatable bonds is 6. The molecule has 6 nitrogen and oxygen atoms in total. The standard InChI is InChI=1S/C21H23NO5/c1-5-26-17-10-15-8-11(2)27-18(15)9-14(17)6-7-16(23)19-12(3)20(21(24)25)22-13(19)4/h6-7,9-11,22H,5,8H2,1-4H3,(H,24,25)/p-1/b7-6+/t11-/m0/s1. The molecule has 6 heteroatoms. The van der Waals surface area contributed by atoms with Crippen LogP contribution in [0.15, 0.2) is 18.2 Å². The van der Waals surface area contributed by atoms with Crippen LogP contribution in [-0.2, 0) is 6.42 Å². The molecule has 0 spiro atoms. The fraction of sp³-hybridized carbons (Fsp3) is 0.333. The van der Waals surface area contributed by atoms with Crippen molar-refractivity contribution in [2.24, 2.45) is 0 Å². The van der Waals surface area contributed by atoms with Crippen molar-refractivity contribution in [2.45, 2.75) is 40.2 Å². The van der Waals surface area contributed by atoms with Crippen molar-refractivity contribution in [3.63, 3.8) is 0 Å². The number of allylic oxidation sites excluding steroid dienone is 1. The Morgan fingerprint density at radius 3 is 2.74 bits per heavy atom. The highest BCUT2D eigenvalue weighted by Gasteiger charge is 2.22. The highest BCUT2D eigenvalue weighted by molar-refractivity contribution is 6.10. The normalized spacial score (nSPS) is 15.6. The molecule has 1 aliphatic rings. The number of benzene rings is 1. The Morgan fingerprint density at radius 2 is 2.11 bits per heavy atom. The van der Waals surface area contributed by atoms with Gasteiger partial charge in [0.2, 0.25) is 0 Å². The maximum absolute atomic E-state index is 12.7. The van der Waals surface area contributed by atoms with Crippen molar-refractivity contribution in [2.75, 3.05) is 6.61 Å². The van der Waals surface area contributed by atoms with Crippen LogP contribution in [0.2, 0.25) is 0 Å². The molecule has 1 aromatic heterocycles. The molecule has 0 fully saturated rings. The number of aromatic nitrogens is 1. The number of aryl methyl sites for hydroxylation is 1. The molecular weight excluding hydrogens is 346 g/mol. The quantitative estimate of drug-likeness (QED) is 0.625. The second-order valence-corrected chi connectivity index (χ2v) is 6.67. The number of aromatic carboxylic acids is 1. The second-order valence-electron chi connectivity index (χ2n) is 6.67. The van der Waals surface area contributed by atoms with Crippen LogP contribution in [0, 0.1) is 13.8 Å². The van der Waals surface area contributed by atoms with Gasteiger partial charge in [0.1, 0.15) is 17.6 Å². The van der Waals surface area contributed by atoms with Crippen molar-refractivity contribution in [1.82, 2.24) is 4.98 Å². The number of hydrogen-bond acceptors (Lipinski definition) is 5. The first kappa shape index (κ1) is 18.8. The van der Waals surface area contributed by atoms with E-state index in [2.05, 4.69) is 4.98 Å². The topological polar surface area (TPSA) is 91.5 Å². The summed E-state index contributed by atoms with van der Waals surface area (Å²) in [5.41, 5.74) is 2.97. The maximum Gasteiger partial charge on any atom is 0.187 e. The third-order valence-corrected chi connectivity index (χ3v) is 4.63. The molecule has 0 unspecified atom stereocenters. The summed E-state index contributed by atoms with van der Waals surface area (Å²) in [5.74, 6) is -0.129. The highest BCUT2D eigenvalue weighted by Crippen LogP contribution is 2.35. The van der Waals surface area contributed by atoms with Gasteiger partial charge < -0.3 is 24.4 Å². The van der Waals surface area contributed by atoms with Crippen LogP contribution >= 0.6 is 0 Å². The van der Waals surface area contributed by atoms with Crippen LogP contribution in [0.3, 0.4) is 0 Å². The Bertz CT molecular complexity index is 939. The van der Waals surface area contributed by atoms with Gasteiger partial charge in [-0.3, -0.25) is 4.79 Å². The molecule has 1 aromatic carbocycles. The monoisotopic (exact) mass is 368 g/mol. The number of H-pyrrole nitrogens is 1. The third-order valence-electron chi connectivity index (χ3n) is 4.63. The zero-order valence-corrected chi connectivity index (χ0v) is 15.8. The lowest BCUT2D eigenvalue weighted by Crippen LogP contribution is -2.23. The fourth-order valence-corrected chi connectivity index (χ4v) is 3.44. The van der Waals surface area contributed by atoms with Gasteiger partial charge >= 0.3 is 0 Å². The van der Waals surface area contributed by atoms with E-state index in [1.165, 1.54) is 6.08 Å². The lowest BCUT2D eigenvalue weighted by Gasteiger charge is -2.10. The second kappa shape index (κ2) is 7.31. The summed E-state index contributed by atoms with van der Waals surface area (Å²) in [7, 11) is 0. The number of carbonyl (C=O) groups is 2. The molecule has 1 atom stereocenters. The molecule has 142 valence electrons. The molecule has 0 amide bonds. The lowest BCUT2D eigenvalue weighted by atomic mass is 10.0. The first-order valence-corrected chi connectivity index (χ1v) is 8.91. The van der Waals surface area contributed by atoms with Crippen molar-refractivity contribution in [3.05, 3.63) is 51.9 Å². The summed E-state index contributed by atoms with van der Waals surface area (Å²) in [4.78, 5) is 26.5. The van der Waals surface area contributed by atoms with Crippen LogP contribution in [-0.4, -0.2) is 29.4 Å². The molecule has 1 aliphatic heterocycles. The van der Waals surface area contributed by atoms with Gasteiger partial charge in [-0.2, -0.15) is 0 Å². The molecule has 2 aromatic rings. The summed E-state index contributed by atoms with van der Waals surface area (Å²) >= 11 is 0. The number of nitrogens with one attached hydrogen (secondary N) is 1. The molecule has 0 saturated heterocycles. The Kier molecular flexibility index (Phi) is 5.08. The Hall–Kier alpha value is -3.02. The van der Waals surface area contributed by atoms with E-state index >= 15 is 0 Å². The number of hydrogen-bond donors (Lipinski definition) is 1. The highest BCUT2D eigenvalue weighted by atomic mass is 16.5. The van der Waals surface area contributed by atoms with E-state index in [0.29, 0.717) is 29.2 Å². The van der Waals surface area contributed by atoms with E-state index in [-0.39, 0.29) is 17.6 Å². The summed E-state index contributed by atoms with van der Waals surface area (Å²) in [6, 6.07) is 3.82. The van der Waals surface area contributed by atoms with Gasteiger partial charge in [0.25, 0.3) is 0 Å². The van der Waals surface area contributed by atoms with Gasteiger partial charge in [-0.25, -0.2) is 0 Å².